The zero-order valence-corrected chi connectivity index (χ0v) is 19.7. The number of hydrogen-bond acceptors (Lipinski definition) is 4. The van der Waals surface area contributed by atoms with Gasteiger partial charge in [-0.15, -0.1) is 11.3 Å². The summed E-state index contributed by atoms with van der Waals surface area (Å²) in [5, 5.41) is 10.8. The Morgan fingerprint density at radius 3 is 2.67 bits per heavy atom. The molecule has 2 aromatic carbocycles. The summed E-state index contributed by atoms with van der Waals surface area (Å²) in [5.41, 5.74) is 3.91. The summed E-state index contributed by atoms with van der Waals surface area (Å²) in [5.74, 6) is -0.163. The molecule has 172 valence electrons. The summed E-state index contributed by atoms with van der Waals surface area (Å²) < 4.78 is 0. The molecule has 0 saturated carbocycles. The summed E-state index contributed by atoms with van der Waals surface area (Å²) in [6.45, 7) is 5.14. The number of nitrogens with zero attached hydrogens (tertiary/aromatic N) is 1. The molecular weight excluding hydrogens is 432 g/mol. The molecule has 4 rings (SSSR count). The Kier molecular flexibility index (Phi) is 7.75. The fraction of sp³-hybridized carbons (Fsp3) is 0.308. The Balaban J connectivity index is 1.27. The lowest BCUT2D eigenvalue weighted by Gasteiger charge is -2.35. The molecule has 6 nitrogen and oxygen atoms in total. The first kappa shape index (κ1) is 23.0. The van der Waals surface area contributed by atoms with E-state index in [2.05, 4.69) is 52.0 Å². The fourth-order valence-corrected chi connectivity index (χ4v) is 4.81. The number of nitrogens with one attached hydrogen (secondary N) is 3. The molecule has 0 radical (unpaired) electrons. The first-order chi connectivity index (χ1) is 16.1. The number of hydrogen-bond donors (Lipinski definition) is 3. The van der Waals surface area contributed by atoms with Gasteiger partial charge in [-0.25, -0.2) is 4.79 Å². The second-order valence-corrected chi connectivity index (χ2v) is 9.26. The van der Waals surface area contributed by atoms with Crippen LogP contribution in [-0.4, -0.2) is 36.0 Å². The molecule has 0 saturated heterocycles. The van der Waals surface area contributed by atoms with Gasteiger partial charge >= 0.3 is 6.03 Å². The van der Waals surface area contributed by atoms with E-state index in [1.807, 2.05) is 17.5 Å². The van der Waals surface area contributed by atoms with E-state index in [1.54, 1.807) is 35.6 Å². The minimum atomic E-state index is -0.262. The van der Waals surface area contributed by atoms with Crippen molar-refractivity contribution in [2.75, 3.05) is 18.4 Å². The number of carbonyl (C=O) groups is 2. The molecule has 3 N–H and O–H groups in total. The maximum Gasteiger partial charge on any atom is 0.319 e. The first-order valence-electron chi connectivity index (χ1n) is 11.4. The Bertz CT molecular complexity index is 1080. The quantitative estimate of drug-likeness (QED) is 0.457. The van der Waals surface area contributed by atoms with Crippen LogP contribution in [0.15, 0.2) is 66.0 Å². The highest BCUT2D eigenvalue weighted by atomic mass is 32.1. The molecule has 0 aliphatic carbocycles. The molecule has 2 heterocycles. The minimum absolute atomic E-state index is 0.163. The number of anilines is 1. The molecule has 33 heavy (non-hydrogen) atoms. The Hall–Kier alpha value is -3.16. The lowest BCUT2D eigenvalue weighted by Crippen LogP contribution is -2.46. The average Bonchev–Trinajstić information content (AvgIpc) is 3.37. The third-order valence-electron chi connectivity index (χ3n) is 6.03. The number of fused-ring (bicyclic) bond motifs is 1. The van der Waals surface area contributed by atoms with E-state index in [1.165, 1.54) is 11.1 Å². The van der Waals surface area contributed by atoms with Crippen LogP contribution in [0, 0.1) is 0 Å². The zero-order valence-electron chi connectivity index (χ0n) is 18.8. The third kappa shape index (κ3) is 6.21. The number of urea groups is 1. The fourth-order valence-electron chi connectivity index (χ4n) is 4.17. The Morgan fingerprint density at radius 2 is 1.88 bits per heavy atom. The van der Waals surface area contributed by atoms with Gasteiger partial charge in [-0.1, -0.05) is 43.3 Å². The van der Waals surface area contributed by atoms with Gasteiger partial charge < -0.3 is 16.0 Å². The van der Waals surface area contributed by atoms with Gasteiger partial charge in [0.1, 0.15) is 0 Å². The highest BCUT2D eigenvalue weighted by Gasteiger charge is 2.22. The minimum Gasteiger partial charge on any atom is -0.347 e. The highest BCUT2D eigenvalue weighted by Crippen LogP contribution is 2.21. The molecule has 1 atom stereocenters. The van der Waals surface area contributed by atoms with Crippen LogP contribution >= 0.6 is 11.3 Å². The lowest BCUT2D eigenvalue weighted by atomic mass is 9.98. The van der Waals surface area contributed by atoms with Crippen molar-refractivity contribution in [3.8, 4) is 0 Å². The largest absolute Gasteiger partial charge is 0.347 e. The van der Waals surface area contributed by atoms with Crippen molar-refractivity contribution in [3.63, 3.8) is 0 Å². The van der Waals surface area contributed by atoms with E-state index in [9.17, 15) is 9.59 Å². The maximum absolute atomic E-state index is 12.5. The SMILES string of the molecule is CCC(CNC(=O)Nc1cccc(C(=O)NCc2cccs2)c1)N1CCc2ccccc2C1. The first-order valence-corrected chi connectivity index (χ1v) is 12.3. The van der Waals surface area contributed by atoms with E-state index < -0.39 is 0 Å². The molecule has 0 bridgehead atoms. The van der Waals surface area contributed by atoms with Crippen LogP contribution in [0.2, 0.25) is 0 Å². The van der Waals surface area contributed by atoms with Crippen molar-refractivity contribution < 1.29 is 9.59 Å². The van der Waals surface area contributed by atoms with Gasteiger partial charge in [0.2, 0.25) is 0 Å². The standard InChI is InChI=1S/C26H30N4O2S/c1-2-23(30-13-12-19-7-3-4-8-21(19)18-30)16-28-26(32)29-22-10-5-9-20(15-22)25(31)27-17-24-11-6-14-33-24/h3-11,14-15,23H,2,12-13,16-18H2,1H3,(H,27,31)(H2,28,29,32). The van der Waals surface area contributed by atoms with Gasteiger partial charge in [0.05, 0.1) is 6.54 Å². The van der Waals surface area contributed by atoms with Gasteiger partial charge in [-0.05, 0) is 53.6 Å². The molecule has 3 amide bonds. The van der Waals surface area contributed by atoms with Crippen LogP contribution in [0.4, 0.5) is 10.5 Å². The average molecular weight is 463 g/mol. The van der Waals surface area contributed by atoms with E-state index in [-0.39, 0.29) is 18.0 Å². The van der Waals surface area contributed by atoms with E-state index in [0.29, 0.717) is 24.3 Å². The third-order valence-corrected chi connectivity index (χ3v) is 6.91. The predicted molar refractivity (Wildman–Crippen MR) is 134 cm³/mol. The molecule has 0 fully saturated rings. The van der Waals surface area contributed by atoms with Crippen molar-refractivity contribution in [2.24, 2.45) is 0 Å². The van der Waals surface area contributed by atoms with Gasteiger partial charge in [0, 0.05) is 41.8 Å². The predicted octanol–water partition coefficient (Wildman–Crippen LogP) is 4.64. The molecule has 7 heteroatoms. The monoisotopic (exact) mass is 462 g/mol. The molecule has 0 spiro atoms. The smallest absolute Gasteiger partial charge is 0.319 e. The van der Waals surface area contributed by atoms with E-state index in [4.69, 9.17) is 0 Å². The number of thiophene rings is 1. The molecule has 1 aliphatic heterocycles. The van der Waals surface area contributed by atoms with Crippen molar-refractivity contribution in [1.82, 2.24) is 15.5 Å². The van der Waals surface area contributed by atoms with Crippen LogP contribution in [0.5, 0.6) is 0 Å². The molecule has 3 aromatic rings. The molecule has 1 unspecified atom stereocenters. The summed E-state index contributed by atoms with van der Waals surface area (Å²) in [6, 6.07) is 19.5. The van der Waals surface area contributed by atoms with Crippen molar-refractivity contribution >= 4 is 29.0 Å². The van der Waals surface area contributed by atoms with Gasteiger partial charge in [-0.2, -0.15) is 0 Å². The topological polar surface area (TPSA) is 73.5 Å². The van der Waals surface area contributed by atoms with Crippen molar-refractivity contribution in [1.29, 1.82) is 0 Å². The normalized spacial score (nSPS) is 14.2. The van der Waals surface area contributed by atoms with Gasteiger partial charge in [0.15, 0.2) is 0 Å². The lowest BCUT2D eigenvalue weighted by molar-refractivity contribution is 0.0951. The maximum atomic E-state index is 12.5. The van der Waals surface area contributed by atoms with Gasteiger partial charge in [-0.3, -0.25) is 9.69 Å². The second-order valence-electron chi connectivity index (χ2n) is 8.23. The Labute approximate surface area is 199 Å². The van der Waals surface area contributed by atoms with Gasteiger partial charge in [0.25, 0.3) is 5.91 Å². The summed E-state index contributed by atoms with van der Waals surface area (Å²) >= 11 is 1.60. The van der Waals surface area contributed by atoms with Crippen LogP contribution in [-0.2, 0) is 19.5 Å². The zero-order chi connectivity index (χ0) is 23.0. The number of amides is 3. The second kappa shape index (κ2) is 11.1. The highest BCUT2D eigenvalue weighted by molar-refractivity contribution is 7.09. The van der Waals surface area contributed by atoms with Crippen molar-refractivity contribution in [2.45, 2.75) is 38.9 Å². The number of rotatable bonds is 8. The van der Waals surface area contributed by atoms with Crippen LogP contribution in [0.3, 0.4) is 0 Å². The van der Waals surface area contributed by atoms with E-state index in [0.717, 1.165) is 30.8 Å². The van der Waals surface area contributed by atoms with Crippen LogP contribution < -0.4 is 16.0 Å². The summed E-state index contributed by atoms with van der Waals surface area (Å²) in [7, 11) is 0. The van der Waals surface area contributed by atoms with Crippen LogP contribution in [0.1, 0.15) is 39.7 Å². The molecular formula is C26H30N4O2S. The molecule has 1 aromatic heterocycles. The van der Waals surface area contributed by atoms with E-state index >= 15 is 0 Å². The van der Waals surface area contributed by atoms with Crippen LogP contribution in [0.25, 0.3) is 0 Å². The van der Waals surface area contributed by atoms with Crippen molar-refractivity contribution in [3.05, 3.63) is 87.6 Å². The summed E-state index contributed by atoms with van der Waals surface area (Å²) in [4.78, 5) is 28.5. The molecule has 1 aliphatic rings. The number of carbonyl (C=O) groups excluding carboxylic acids is 2. The Morgan fingerprint density at radius 1 is 1.03 bits per heavy atom. The summed E-state index contributed by atoms with van der Waals surface area (Å²) in [6.07, 6.45) is 2.00. The number of benzene rings is 2.